The van der Waals surface area contributed by atoms with Gasteiger partial charge in [0.15, 0.2) is 0 Å². The van der Waals surface area contributed by atoms with E-state index in [4.69, 9.17) is 0 Å². The first-order valence-corrected chi connectivity index (χ1v) is 4.40. The van der Waals surface area contributed by atoms with Crippen LogP contribution in [0.15, 0.2) is 18.2 Å². The number of aliphatic hydroxyl groups excluding tert-OH is 1. The molecule has 78 valence electrons. The van der Waals surface area contributed by atoms with E-state index in [1.165, 1.54) is 18.2 Å². The Balaban J connectivity index is 2.75. The summed E-state index contributed by atoms with van der Waals surface area (Å²) in [6, 6.07) is 3.67. The van der Waals surface area contributed by atoms with E-state index in [0.717, 1.165) is 0 Å². The largest absolute Gasteiger partial charge is 0.391 e. The van der Waals surface area contributed by atoms with Crippen LogP contribution in [0.5, 0.6) is 0 Å². The summed E-state index contributed by atoms with van der Waals surface area (Å²) in [5.74, 6) is -1.22. The summed E-state index contributed by atoms with van der Waals surface area (Å²) in [5.41, 5.74) is -0.0600. The van der Waals surface area contributed by atoms with Crippen molar-refractivity contribution in [2.45, 2.75) is 12.5 Å². The minimum atomic E-state index is -0.772. The lowest BCUT2D eigenvalue weighted by atomic mass is 10.1. The minimum Gasteiger partial charge on any atom is -0.391 e. The minimum absolute atomic E-state index is 0.0145. The number of likely N-dealkylation sites (N-methyl/N-ethyl adjacent to an activating group) is 1. The monoisotopic (exact) mass is 201 g/mol. The van der Waals surface area contributed by atoms with E-state index in [1.54, 1.807) is 7.05 Å². The first-order chi connectivity index (χ1) is 6.65. The third kappa shape index (κ3) is 2.75. The number of nitrogens with one attached hydrogen (secondary N) is 1. The molecule has 2 nitrogen and oxygen atoms in total. The molecule has 0 bridgehead atoms. The number of rotatable bonds is 4. The van der Waals surface area contributed by atoms with Crippen molar-refractivity contribution < 1.29 is 13.9 Å². The molecular formula is C10H13F2NO. The van der Waals surface area contributed by atoms with E-state index < -0.39 is 17.7 Å². The van der Waals surface area contributed by atoms with E-state index in [1.807, 2.05) is 0 Å². The van der Waals surface area contributed by atoms with Crippen LogP contribution in [0.2, 0.25) is 0 Å². The zero-order chi connectivity index (χ0) is 10.6. The van der Waals surface area contributed by atoms with Crippen LogP contribution in [0.25, 0.3) is 0 Å². The van der Waals surface area contributed by atoms with Crippen LogP contribution in [0.4, 0.5) is 8.78 Å². The van der Waals surface area contributed by atoms with Crippen LogP contribution in [-0.4, -0.2) is 24.8 Å². The lowest BCUT2D eigenvalue weighted by Gasteiger charge is -2.10. The summed E-state index contributed by atoms with van der Waals surface area (Å²) in [7, 11) is 1.67. The van der Waals surface area contributed by atoms with E-state index in [0.29, 0.717) is 6.54 Å². The fourth-order valence-corrected chi connectivity index (χ4v) is 1.27. The van der Waals surface area contributed by atoms with Gasteiger partial charge in [-0.3, -0.25) is 0 Å². The highest BCUT2D eigenvalue weighted by Gasteiger charge is 2.12. The quantitative estimate of drug-likeness (QED) is 0.764. The molecule has 0 spiro atoms. The molecule has 0 radical (unpaired) electrons. The van der Waals surface area contributed by atoms with Crippen molar-refractivity contribution in [2.75, 3.05) is 13.6 Å². The fourth-order valence-electron chi connectivity index (χ4n) is 1.27. The molecule has 0 aliphatic rings. The summed E-state index contributed by atoms with van der Waals surface area (Å²) in [4.78, 5) is 0. The summed E-state index contributed by atoms with van der Waals surface area (Å²) in [5, 5.41) is 12.1. The number of aliphatic hydroxyl groups is 1. The second-order valence-electron chi connectivity index (χ2n) is 3.12. The Morgan fingerprint density at radius 2 is 1.93 bits per heavy atom. The molecule has 0 amide bonds. The van der Waals surface area contributed by atoms with Crippen LogP contribution in [-0.2, 0) is 6.42 Å². The molecule has 1 rings (SSSR count). The highest BCUT2D eigenvalue weighted by Crippen LogP contribution is 2.13. The zero-order valence-electron chi connectivity index (χ0n) is 7.93. The number of hydrogen-bond donors (Lipinski definition) is 2. The molecule has 0 aromatic heterocycles. The predicted molar refractivity (Wildman–Crippen MR) is 50.0 cm³/mol. The first-order valence-electron chi connectivity index (χ1n) is 4.40. The molecule has 0 fully saturated rings. The SMILES string of the molecule is CNCC(O)Cc1c(F)cccc1F. The van der Waals surface area contributed by atoms with Crippen molar-refractivity contribution >= 4 is 0 Å². The summed E-state index contributed by atoms with van der Waals surface area (Å²) in [6.45, 7) is 0.313. The molecule has 2 N–H and O–H groups in total. The van der Waals surface area contributed by atoms with Crippen molar-refractivity contribution in [1.29, 1.82) is 0 Å². The summed E-state index contributed by atoms with van der Waals surface area (Å²) in [6.07, 6.45) is -0.786. The zero-order valence-corrected chi connectivity index (χ0v) is 7.93. The Morgan fingerprint density at radius 3 is 2.43 bits per heavy atom. The lowest BCUT2D eigenvalue weighted by Crippen LogP contribution is -2.26. The van der Waals surface area contributed by atoms with Gasteiger partial charge >= 0.3 is 0 Å². The lowest BCUT2D eigenvalue weighted by molar-refractivity contribution is 0.172. The molecule has 1 aromatic carbocycles. The molecule has 4 heteroatoms. The molecule has 0 saturated carbocycles. The summed E-state index contributed by atoms with van der Waals surface area (Å²) >= 11 is 0. The highest BCUT2D eigenvalue weighted by atomic mass is 19.1. The first kappa shape index (κ1) is 11.1. The topological polar surface area (TPSA) is 32.3 Å². The van der Waals surface area contributed by atoms with Crippen LogP contribution < -0.4 is 5.32 Å². The van der Waals surface area contributed by atoms with Crippen molar-refractivity contribution in [2.24, 2.45) is 0 Å². The molecule has 0 saturated heterocycles. The van der Waals surface area contributed by atoms with Crippen molar-refractivity contribution in [3.05, 3.63) is 35.4 Å². The Labute approximate surface area is 81.6 Å². The van der Waals surface area contributed by atoms with Gasteiger partial charge in [-0.2, -0.15) is 0 Å². The van der Waals surface area contributed by atoms with Gasteiger partial charge in [-0.1, -0.05) is 6.07 Å². The molecule has 1 atom stereocenters. The van der Waals surface area contributed by atoms with E-state index in [-0.39, 0.29) is 12.0 Å². The van der Waals surface area contributed by atoms with Gasteiger partial charge in [-0.15, -0.1) is 0 Å². The predicted octanol–water partition coefficient (Wildman–Crippen LogP) is 1.09. The van der Waals surface area contributed by atoms with Gasteiger partial charge in [-0.25, -0.2) is 8.78 Å². The smallest absolute Gasteiger partial charge is 0.129 e. The highest BCUT2D eigenvalue weighted by molar-refractivity contribution is 5.20. The van der Waals surface area contributed by atoms with E-state index in [2.05, 4.69) is 5.32 Å². The molecule has 14 heavy (non-hydrogen) atoms. The standard InChI is InChI=1S/C10H13F2NO/c1-13-6-7(14)5-8-9(11)3-2-4-10(8)12/h2-4,7,13-14H,5-6H2,1H3. The van der Waals surface area contributed by atoms with Crippen LogP contribution in [0, 0.1) is 11.6 Å². The maximum absolute atomic E-state index is 13.1. The molecule has 1 aromatic rings. The van der Waals surface area contributed by atoms with Gasteiger partial charge in [0.1, 0.15) is 11.6 Å². The maximum atomic E-state index is 13.1. The van der Waals surface area contributed by atoms with Crippen molar-refractivity contribution in [3.63, 3.8) is 0 Å². The van der Waals surface area contributed by atoms with Gasteiger partial charge in [-0.05, 0) is 19.2 Å². The fraction of sp³-hybridized carbons (Fsp3) is 0.400. The van der Waals surface area contributed by atoms with Crippen LogP contribution in [0.3, 0.4) is 0 Å². The molecular weight excluding hydrogens is 188 g/mol. The number of halogens is 2. The van der Waals surface area contributed by atoms with Gasteiger partial charge in [0, 0.05) is 18.5 Å². The van der Waals surface area contributed by atoms with Crippen molar-refractivity contribution in [1.82, 2.24) is 5.32 Å². The Bertz CT molecular complexity index is 284. The van der Waals surface area contributed by atoms with Gasteiger partial charge in [0.25, 0.3) is 0 Å². The van der Waals surface area contributed by atoms with Gasteiger partial charge < -0.3 is 10.4 Å². The second kappa shape index (κ2) is 5.02. The maximum Gasteiger partial charge on any atom is 0.129 e. The van der Waals surface area contributed by atoms with E-state index >= 15 is 0 Å². The molecule has 0 heterocycles. The van der Waals surface area contributed by atoms with Crippen molar-refractivity contribution in [3.8, 4) is 0 Å². The summed E-state index contributed by atoms with van der Waals surface area (Å²) < 4.78 is 26.2. The molecule has 0 aliphatic heterocycles. The second-order valence-corrected chi connectivity index (χ2v) is 3.12. The number of hydrogen-bond acceptors (Lipinski definition) is 2. The van der Waals surface area contributed by atoms with E-state index in [9.17, 15) is 13.9 Å². The third-order valence-electron chi connectivity index (χ3n) is 1.94. The normalized spacial score (nSPS) is 12.9. The molecule has 0 aliphatic carbocycles. The Hall–Kier alpha value is -1.00. The molecule has 1 unspecified atom stereocenters. The van der Waals surface area contributed by atoms with Crippen LogP contribution in [0.1, 0.15) is 5.56 Å². The van der Waals surface area contributed by atoms with Crippen LogP contribution >= 0.6 is 0 Å². The Kier molecular flexibility index (Phi) is 3.98. The average molecular weight is 201 g/mol. The third-order valence-corrected chi connectivity index (χ3v) is 1.94. The van der Waals surface area contributed by atoms with Gasteiger partial charge in [0.05, 0.1) is 6.10 Å². The van der Waals surface area contributed by atoms with Gasteiger partial charge in [0.2, 0.25) is 0 Å². The Morgan fingerprint density at radius 1 is 1.36 bits per heavy atom. The number of benzene rings is 1. The average Bonchev–Trinajstić information content (AvgIpc) is 2.12.